The number of aryl methyl sites for hydroxylation is 1. The van der Waals surface area contributed by atoms with E-state index in [4.69, 9.17) is 10.6 Å². The molecule has 1 atom stereocenters. The molecule has 0 saturated heterocycles. The number of oxime groups is 1. The van der Waals surface area contributed by atoms with Crippen LogP contribution >= 0.6 is 0 Å². The van der Waals surface area contributed by atoms with Crippen LogP contribution < -0.4 is 5.73 Å². The fraction of sp³-hybridized carbons (Fsp3) is 0.364. The second-order valence-electron chi connectivity index (χ2n) is 3.66. The van der Waals surface area contributed by atoms with E-state index in [-0.39, 0.29) is 11.9 Å². The molecule has 1 heterocycles. The molecule has 0 aliphatic carbocycles. The quantitative estimate of drug-likeness (QED) is 0.802. The van der Waals surface area contributed by atoms with Gasteiger partial charge in [0.2, 0.25) is 0 Å². The summed E-state index contributed by atoms with van der Waals surface area (Å²) in [4.78, 5) is 5.10. The number of hydrogen-bond acceptors (Lipinski definition) is 3. The topological polar surface area (TPSA) is 47.6 Å². The number of halogens is 1. The van der Waals surface area contributed by atoms with Gasteiger partial charge in [-0.2, -0.15) is 0 Å². The summed E-state index contributed by atoms with van der Waals surface area (Å²) in [6.45, 7) is 2.36. The first-order chi connectivity index (χ1) is 7.20. The van der Waals surface area contributed by atoms with Crippen LogP contribution in [0.15, 0.2) is 23.4 Å². The van der Waals surface area contributed by atoms with Crippen LogP contribution in [0.5, 0.6) is 0 Å². The van der Waals surface area contributed by atoms with Gasteiger partial charge in [-0.15, -0.1) is 0 Å². The summed E-state index contributed by atoms with van der Waals surface area (Å²) >= 11 is 0. The Morgan fingerprint density at radius 3 is 3.07 bits per heavy atom. The van der Waals surface area contributed by atoms with E-state index < -0.39 is 0 Å². The molecule has 0 aromatic heterocycles. The Labute approximate surface area is 87.7 Å². The van der Waals surface area contributed by atoms with Crippen molar-refractivity contribution in [3.05, 3.63) is 35.1 Å². The molecule has 1 unspecified atom stereocenters. The third-order valence-corrected chi connectivity index (χ3v) is 2.51. The van der Waals surface area contributed by atoms with E-state index in [9.17, 15) is 4.39 Å². The first-order valence-corrected chi connectivity index (χ1v) is 4.90. The number of nitrogens with zero attached hydrogens (tertiary/aromatic N) is 1. The highest BCUT2D eigenvalue weighted by atomic mass is 19.1. The molecule has 15 heavy (non-hydrogen) atoms. The predicted molar refractivity (Wildman–Crippen MR) is 56.2 cm³/mol. The summed E-state index contributed by atoms with van der Waals surface area (Å²) in [5, 5.41) is 3.93. The molecule has 0 radical (unpaired) electrons. The summed E-state index contributed by atoms with van der Waals surface area (Å²) in [6.07, 6.45) is 0.587. The third kappa shape index (κ3) is 1.99. The van der Waals surface area contributed by atoms with Crippen molar-refractivity contribution in [2.75, 3.05) is 6.54 Å². The predicted octanol–water partition coefficient (Wildman–Crippen LogP) is 1.59. The van der Waals surface area contributed by atoms with E-state index in [0.717, 1.165) is 16.8 Å². The van der Waals surface area contributed by atoms with Crippen molar-refractivity contribution >= 4 is 5.71 Å². The second-order valence-corrected chi connectivity index (χ2v) is 3.66. The Morgan fingerprint density at radius 1 is 1.60 bits per heavy atom. The van der Waals surface area contributed by atoms with Gasteiger partial charge in [0, 0.05) is 18.5 Å². The number of benzene rings is 1. The molecule has 80 valence electrons. The molecule has 0 fully saturated rings. The molecule has 1 aromatic rings. The molecular formula is C11H13FN2O. The van der Waals surface area contributed by atoms with Crippen LogP contribution in [-0.2, 0) is 4.84 Å². The Balaban J connectivity index is 2.27. The van der Waals surface area contributed by atoms with Gasteiger partial charge in [-0.3, -0.25) is 0 Å². The van der Waals surface area contributed by atoms with E-state index >= 15 is 0 Å². The average Bonchev–Trinajstić information content (AvgIpc) is 2.70. The summed E-state index contributed by atoms with van der Waals surface area (Å²) in [7, 11) is 0. The summed E-state index contributed by atoms with van der Waals surface area (Å²) in [5.74, 6) is -0.255. The minimum Gasteiger partial charge on any atom is -0.390 e. The van der Waals surface area contributed by atoms with Gasteiger partial charge in [-0.05, 0) is 24.6 Å². The maximum atomic E-state index is 13.1. The van der Waals surface area contributed by atoms with Crippen molar-refractivity contribution < 1.29 is 9.23 Å². The standard InChI is InChI=1S/C11H13FN2O/c1-7-2-3-8(12)4-10(7)11-5-9(6-13)15-14-11/h2-4,9H,5-6,13H2,1H3. The molecule has 3 nitrogen and oxygen atoms in total. The molecule has 2 rings (SSSR count). The van der Waals surface area contributed by atoms with Gasteiger partial charge in [0.15, 0.2) is 0 Å². The highest BCUT2D eigenvalue weighted by Crippen LogP contribution is 2.19. The van der Waals surface area contributed by atoms with E-state index in [0.29, 0.717) is 13.0 Å². The van der Waals surface area contributed by atoms with Crippen LogP contribution in [0, 0.1) is 12.7 Å². The highest BCUT2D eigenvalue weighted by molar-refractivity contribution is 6.02. The minimum atomic E-state index is -0.255. The summed E-state index contributed by atoms with van der Waals surface area (Å²) in [6, 6.07) is 4.66. The normalized spacial score (nSPS) is 19.9. The van der Waals surface area contributed by atoms with Crippen LogP contribution in [0.2, 0.25) is 0 Å². The molecule has 0 bridgehead atoms. The first-order valence-electron chi connectivity index (χ1n) is 4.90. The van der Waals surface area contributed by atoms with E-state index in [1.807, 2.05) is 6.92 Å². The molecule has 0 saturated carbocycles. The lowest BCUT2D eigenvalue weighted by atomic mass is 10.0. The molecule has 1 aromatic carbocycles. The van der Waals surface area contributed by atoms with Crippen molar-refractivity contribution in [3.8, 4) is 0 Å². The Kier molecular flexibility index (Phi) is 2.68. The van der Waals surface area contributed by atoms with Gasteiger partial charge in [-0.1, -0.05) is 11.2 Å². The zero-order valence-corrected chi connectivity index (χ0v) is 8.53. The minimum absolute atomic E-state index is 0.0670. The van der Waals surface area contributed by atoms with E-state index in [2.05, 4.69) is 5.16 Å². The van der Waals surface area contributed by atoms with Gasteiger partial charge in [0.25, 0.3) is 0 Å². The lowest BCUT2D eigenvalue weighted by molar-refractivity contribution is 0.0918. The molecular weight excluding hydrogens is 195 g/mol. The first kappa shape index (κ1) is 10.1. The van der Waals surface area contributed by atoms with Gasteiger partial charge in [-0.25, -0.2) is 4.39 Å². The fourth-order valence-electron chi connectivity index (χ4n) is 1.62. The Hall–Kier alpha value is -1.42. The number of hydrogen-bond donors (Lipinski definition) is 1. The fourth-order valence-corrected chi connectivity index (χ4v) is 1.62. The van der Waals surface area contributed by atoms with Gasteiger partial charge < -0.3 is 10.6 Å². The molecule has 0 spiro atoms. The lowest BCUT2D eigenvalue weighted by Gasteiger charge is -2.04. The van der Waals surface area contributed by atoms with Crippen molar-refractivity contribution in [3.63, 3.8) is 0 Å². The smallest absolute Gasteiger partial charge is 0.145 e. The Bertz CT molecular complexity index is 404. The van der Waals surface area contributed by atoms with Crippen molar-refractivity contribution in [1.82, 2.24) is 0 Å². The zero-order valence-electron chi connectivity index (χ0n) is 8.53. The maximum Gasteiger partial charge on any atom is 0.145 e. The lowest BCUT2D eigenvalue weighted by Crippen LogP contribution is -2.20. The van der Waals surface area contributed by atoms with Crippen LogP contribution in [0.3, 0.4) is 0 Å². The monoisotopic (exact) mass is 208 g/mol. The molecule has 1 aliphatic rings. The summed E-state index contributed by atoms with van der Waals surface area (Å²) in [5.41, 5.74) is 8.06. The van der Waals surface area contributed by atoms with Crippen molar-refractivity contribution in [2.24, 2.45) is 10.9 Å². The number of rotatable bonds is 2. The third-order valence-electron chi connectivity index (χ3n) is 2.51. The van der Waals surface area contributed by atoms with E-state index in [1.54, 1.807) is 6.07 Å². The highest BCUT2D eigenvalue weighted by Gasteiger charge is 2.21. The van der Waals surface area contributed by atoms with Crippen molar-refractivity contribution in [1.29, 1.82) is 0 Å². The zero-order chi connectivity index (χ0) is 10.8. The summed E-state index contributed by atoms with van der Waals surface area (Å²) < 4.78 is 13.1. The second kappa shape index (κ2) is 3.98. The van der Waals surface area contributed by atoms with Crippen LogP contribution in [0.25, 0.3) is 0 Å². The Morgan fingerprint density at radius 2 is 2.40 bits per heavy atom. The van der Waals surface area contributed by atoms with E-state index in [1.165, 1.54) is 12.1 Å². The van der Waals surface area contributed by atoms with Crippen LogP contribution in [0.4, 0.5) is 4.39 Å². The van der Waals surface area contributed by atoms with Gasteiger partial charge in [0.1, 0.15) is 11.9 Å². The molecule has 1 aliphatic heterocycles. The maximum absolute atomic E-state index is 13.1. The average molecular weight is 208 g/mol. The van der Waals surface area contributed by atoms with Crippen molar-refractivity contribution in [2.45, 2.75) is 19.4 Å². The van der Waals surface area contributed by atoms with Crippen LogP contribution in [0.1, 0.15) is 17.5 Å². The molecule has 0 amide bonds. The largest absolute Gasteiger partial charge is 0.390 e. The van der Waals surface area contributed by atoms with Gasteiger partial charge >= 0.3 is 0 Å². The number of nitrogens with two attached hydrogens (primary N) is 1. The van der Waals surface area contributed by atoms with Gasteiger partial charge in [0.05, 0.1) is 5.71 Å². The SMILES string of the molecule is Cc1ccc(F)cc1C1=NOC(CN)C1. The molecule has 4 heteroatoms. The molecule has 2 N–H and O–H groups in total. The van der Waals surface area contributed by atoms with Crippen LogP contribution in [-0.4, -0.2) is 18.4 Å².